The molecule has 0 aliphatic carbocycles. The first-order chi connectivity index (χ1) is 5.70. The quantitative estimate of drug-likeness (QED) is 0.611. The van der Waals surface area contributed by atoms with Gasteiger partial charge in [0.2, 0.25) is 0 Å². The summed E-state index contributed by atoms with van der Waals surface area (Å²) in [5.74, 6) is 0. The third-order valence-electron chi connectivity index (χ3n) is 2.56. The second-order valence-corrected chi connectivity index (χ2v) is 4.07. The minimum Gasteiger partial charge on any atom is -0.312 e. The molecule has 1 aliphatic heterocycles. The Morgan fingerprint density at radius 3 is 3.08 bits per heavy atom. The van der Waals surface area contributed by atoms with Crippen LogP contribution >= 0.6 is 0 Å². The summed E-state index contributed by atoms with van der Waals surface area (Å²) in [6.45, 7) is 6.62. The molecule has 0 bridgehead atoms. The Hall–Kier alpha value is -0.820. The number of benzene rings is 1. The molecule has 0 unspecified atom stereocenters. The van der Waals surface area contributed by atoms with E-state index in [2.05, 4.69) is 37.4 Å². The van der Waals surface area contributed by atoms with Gasteiger partial charge in [0.25, 0.3) is 0 Å². The highest BCUT2D eigenvalue weighted by atomic mass is 14.9. The maximum atomic E-state index is 3.41. The molecule has 1 N–H and O–H groups in total. The van der Waals surface area contributed by atoms with E-state index >= 15 is 0 Å². The zero-order valence-corrected chi connectivity index (χ0v) is 7.65. The highest BCUT2D eigenvalue weighted by Crippen LogP contribution is 2.28. The summed E-state index contributed by atoms with van der Waals surface area (Å²) in [6, 6.07) is 9.40. The zero-order valence-electron chi connectivity index (χ0n) is 7.65. The average molecular weight is 160 g/mol. The van der Waals surface area contributed by atoms with Gasteiger partial charge in [-0.3, -0.25) is 0 Å². The number of rotatable bonds is 0. The molecule has 1 heteroatoms. The van der Waals surface area contributed by atoms with Crippen LogP contribution in [0.4, 0.5) is 0 Å². The first-order valence-corrected chi connectivity index (χ1v) is 4.40. The number of nitrogens with one attached hydrogen (secondary N) is 1. The molecule has 0 atom stereocenters. The van der Waals surface area contributed by atoms with Gasteiger partial charge in [-0.05, 0) is 23.3 Å². The maximum absolute atomic E-state index is 3.41. The van der Waals surface area contributed by atoms with Gasteiger partial charge in [-0.1, -0.05) is 26.0 Å². The molecule has 12 heavy (non-hydrogen) atoms. The lowest BCUT2D eigenvalue weighted by Crippen LogP contribution is -2.38. The fourth-order valence-electron chi connectivity index (χ4n) is 1.88. The monoisotopic (exact) mass is 160 g/mol. The van der Waals surface area contributed by atoms with Crippen molar-refractivity contribution in [3.05, 3.63) is 35.4 Å². The second kappa shape index (κ2) is 2.60. The molecule has 0 saturated carbocycles. The lowest BCUT2D eigenvalue weighted by molar-refractivity contribution is 0.435. The Morgan fingerprint density at radius 2 is 2.33 bits per heavy atom. The van der Waals surface area contributed by atoms with E-state index in [0.717, 1.165) is 13.1 Å². The van der Waals surface area contributed by atoms with Gasteiger partial charge in [0.1, 0.15) is 0 Å². The normalized spacial score (nSPS) is 20.2. The Balaban J connectivity index is 2.52. The fourth-order valence-corrected chi connectivity index (χ4v) is 1.88. The molecule has 1 aromatic rings. The van der Waals surface area contributed by atoms with Crippen LogP contribution in [-0.4, -0.2) is 6.54 Å². The first kappa shape index (κ1) is 7.81. The van der Waals surface area contributed by atoms with E-state index in [1.54, 1.807) is 0 Å². The summed E-state index contributed by atoms with van der Waals surface area (Å²) < 4.78 is 0. The standard InChI is InChI=1S/C11H14N/c1-11(2)8-12-7-9-5-3-4-6-10(9)11/h4-6,12H,7-8H2,1-2H3. The van der Waals surface area contributed by atoms with Crippen molar-refractivity contribution in [3.63, 3.8) is 0 Å². The van der Waals surface area contributed by atoms with Gasteiger partial charge < -0.3 is 5.32 Å². The third kappa shape index (κ3) is 1.14. The number of hydrogen-bond donors (Lipinski definition) is 1. The Bertz CT molecular complexity index is 289. The summed E-state index contributed by atoms with van der Waals surface area (Å²) in [5.41, 5.74) is 3.15. The van der Waals surface area contributed by atoms with Gasteiger partial charge in [-0.2, -0.15) is 0 Å². The van der Waals surface area contributed by atoms with E-state index in [-0.39, 0.29) is 5.41 Å². The molecule has 1 radical (unpaired) electrons. The van der Waals surface area contributed by atoms with Crippen LogP contribution in [0.5, 0.6) is 0 Å². The van der Waals surface area contributed by atoms with Gasteiger partial charge in [0.05, 0.1) is 0 Å². The predicted molar refractivity (Wildman–Crippen MR) is 50.0 cm³/mol. The van der Waals surface area contributed by atoms with Gasteiger partial charge in [-0.25, -0.2) is 0 Å². The van der Waals surface area contributed by atoms with Crippen molar-refractivity contribution in [3.8, 4) is 0 Å². The molecule has 0 spiro atoms. The van der Waals surface area contributed by atoms with Crippen LogP contribution in [0, 0.1) is 6.07 Å². The molecule has 0 fully saturated rings. The summed E-state index contributed by atoms with van der Waals surface area (Å²) >= 11 is 0. The number of hydrogen-bond acceptors (Lipinski definition) is 1. The SMILES string of the molecule is CC1(C)CNCc2c[c]ccc21. The van der Waals surface area contributed by atoms with Crippen LogP contribution in [0.25, 0.3) is 0 Å². The molecule has 0 saturated heterocycles. The van der Waals surface area contributed by atoms with Crippen molar-refractivity contribution >= 4 is 0 Å². The van der Waals surface area contributed by atoms with Gasteiger partial charge in [0.15, 0.2) is 0 Å². The smallest absolute Gasteiger partial charge is 0.0209 e. The van der Waals surface area contributed by atoms with Crippen molar-refractivity contribution in [1.82, 2.24) is 5.32 Å². The Kier molecular flexibility index (Phi) is 1.69. The molecule has 1 aromatic carbocycles. The van der Waals surface area contributed by atoms with Gasteiger partial charge >= 0.3 is 0 Å². The summed E-state index contributed by atoms with van der Waals surface area (Å²) in [6.07, 6.45) is 0. The van der Waals surface area contributed by atoms with E-state index in [1.807, 2.05) is 6.07 Å². The molecule has 1 aliphatic rings. The topological polar surface area (TPSA) is 12.0 Å². The minimum absolute atomic E-state index is 0.280. The molecule has 0 amide bonds. The predicted octanol–water partition coefficient (Wildman–Crippen LogP) is 1.87. The molecular weight excluding hydrogens is 146 g/mol. The van der Waals surface area contributed by atoms with Crippen LogP contribution in [0.2, 0.25) is 0 Å². The van der Waals surface area contributed by atoms with E-state index < -0.39 is 0 Å². The maximum Gasteiger partial charge on any atom is 0.0209 e. The number of fused-ring (bicyclic) bond motifs is 1. The lowest BCUT2D eigenvalue weighted by Gasteiger charge is -2.32. The van der Waals surface area contributed by atoms with Crippen LogP contribution in [-0.2, 0) is 12.0 Å². The highest BCUT2D eigenvalue weighted by molar-refractivity contribution is 5.35. The first-order valence-electron chi connectivity index (χ1n) is 4.40. The Morgan fingerprint density at radius 1 is 1.50 bits per heavy atom. The lowest BCUT2D eigenvalue weighted by atomic mass is 9.79. The van der Waals surface area contributed by atoms with Crippen LogP contribution < -0.4 is 5.32 Å². The van der Waals surface area contributed by atoms with E-state index in [4.69, 9.17) is 0 Å². The highest BCUT2D eigenvalue weighted by Gasteiger charge is 2.26. The zero-order chi connectivity index (χ0) is 8.60. The largest absolute Gasteiger partial charge is 0.312 e. The summed E-state index contributed by atoms with van der Waals surface area (Å²) in [7, 11) is 0. The van der Waals surface area contributed by atoms with E-state index in [0.29, 0.717) is 0 Å². The van der Waals surface area contributed by atoms with Crippen LogP contribution in [0.1, 0.15) is 25.0 Å². The molecule has 0 aromatic heterocycles. The minimum atomic E-state index is 0.280. The molecule has 63 valence electrons. The molecule has 2 rings (SSSR count). The van der Waals surface area contributed by atoms with Gasteiger partial charge in [0, 0.05) is 18.5 Å². The van der Waals surface area contributed by atoms with Gasteiger partial charge in [-0.15, -0.1) is 0 Å². The van der Waals surface area contributed by atoms with E-state index in [1.165, 1.54) is 11.1 Å². The molecular formula is C11H14N. The van der Waals surface area contributed by atoms with Crippen molar-refractivity contribution in [2.24, 2.45) is 0 Å². The van der Waals surface area contributed by atoms with Crippen LogP contribution in [0.15, 0.2) is 18.2 Å². The average Bonchev–Trinajstić information content (AvgIpc) is 2.04. The van der Waals surface area contributed by atoms with Crippen molar-refractivity contribution < 1.29 is 0 Å². The third-order valence-corrected chi connectivity index (χ3v) is 2.56. The fraction of sp³-hybridized carbons (Fsp3) is 0.455. The van der Waals surface area contributed by atoms with Crippen molar-refractivity contribution in [2.75, 3.05) is 6.54 Å². The van der Waals surface area contributed by atoms with Crippen LogP contribution in [0.3, 0.4) is 0 Å². The second-order valence-electron chi connectivity index (χ2n) is 4.07. The van der Waals surface area contributed by atoms with E-state index in [9.17, 15) is 0 Å². The Labute approximate surface area is 73.8 Å². The van der Waals surface area contributed by atoms with Crippen molar-refractivity contribution in [2.45, 2.75) is 25.8 Å². The molecule has 1 nitrogen and oxygen atoms in total. The molecule has 1 heterocycles. The van der Waals surface area contributed by atoms with Crippen molar-refractivity contribution in [1.29, 1.82) is 0 Å². The summed E-state index contributed by atoms with van der Waals surface area (Å²) in [5, 5.41) is 3.41. The summed E-state index contributed by atoms with van der Waals surface area (Å²) in [4.78, 5) is 0.